The first-order valence-electron chi connectivity index (χ1n) is 6.98. The highest BCUT2D eigenvalue weighted by atomic mass is 35.5. The Bertz CT molecular complexity index is 415. The zero-order valence-corrected chi connectivity index (χ0v) is 12.7. The van der Waals surface area contributed by atoms with Crippen LogP contribution in [0.25, 0.3) is 0 Å². The summed E-state index contributed by atoms with van der Waals surface area (Å²) in [5.74, 6) is 0.838. The molecule has 0 aromatic heterocycles. The Labute approximate surface area is 120 Å². The quantitative estimate of drug-likeness (QED) is 0.919. The van der Waals surface area contributed by atoms with Crippen LogP contribution in [0.1, 0.15) is 26.3 Å². The highest BCUT2D eigenvalue weighted by molar-refractivity contribution is 6.32. The van der Waals surface area contributed by atoms with Gasteiger partial charge in [0.25, 0.3) is 0 Å². The van der Waals surface area contributed by atoms with E-state index in [-0.39, 0.29) is 0 Å². The van der Waals surface area contributed by atoms with E-state index in [9.17, 15) is 0 Å². The summed E-state index contributed by atoms with van der Waals surface area (Å²) in [6.45, 7) is 10.1. The lowest BCUT2D eigenvalue weighted by atomic mass is 10.1. The van der Waals surface area contributed by atoms with Crippen LogP contribution in [0.3, 0.4) is 0 Å². The van der Waals surface area contributed by atoms with E-state index in [1.807, 2.05) is 19.1 Å². The molecule has 1 heterocycles. The lowest BCUT2D eigenvalue weighted by Gasteiger charge is -2.36. The number of halogens is 1. The van der Waals surface area contributed by atoms with Crippen LogP contribution < -0.4 is 10.1 Å². The topological polar surface area (TPSA) is 24.5 Å². The molecule has 1 saturated heterocycles. The molecule has 1 N–H and O–H groups in total. The number of nitrogens with one attached hydrogen (secondary N) is 1. The summed E-state index contributed by atoms with van der Waals surface area (Å²) in [4.78, 5) is 2.46. The molecule has 0 radical (unpaired) electrons. The standard InChI is InChI=1S/C15H23ClN2O/c1-4-19-15-13(6-5-7-14(15)16)10-18-8-11(2)17-12(3)9-18/h5-7,11-12,17H,4,8-10H2,1-3H3. The summed E-state index contributed by atoms with van der Waals surface area (Å²) in [5.41, 5.74) is 1.18. The fourth-order valence-electron chi connectivity index (χ4n) is 2.79. The zero-order chi connectivity index (χ0) is 13.8. The van der Waals surface area contributed by atoms with E-state index in [1.165, 1.54) is 5.56 Å². The van der Waals surface area contributed by atoms with Gasteiger partial charge in [-0.3, -0.25) is 4.90 Å². The smallest absolute Gasteiger partial charge is 0.142 e. The predicted molar refractivity (Wildman–Crippen MR) is 80.0 cm³/mol. The molecule has 2 atom stereocenters. The van der Waals surface area contributed by atoms with Crippen LogP contribution >= 0.6 is 11.6 Å². The van der Waals surface area contributed by atoms with E-state index >= 15 is 0 Å². The first-order chi connectivity index (χ1) is 9.10. The minimum Gasteiger partial charge on any atom is -0.492 e. The number of para-hydroxylation sites is 1. The summed E-state index contributed by atoms with van der Waals surface area (Å²) < 4.78 is 5.69. The van der Waals surface area contributed by atoms with Crippen LogP contribution in [-0.2, 0) is 6.54 Å². The monoisotopic (exact) mass is 282 g/mol. The van der Waals surface area contributed by atoms with Crippen molar-refractivity contribution in [1.82, 2.24) is 10.2 Å². The Hall–Kier alpha value is -0.770. The maximum atomic E-state index is 6.23. The van der Waals surface area contributed by atoms with Crippen molar-refractivity contribution in [2.45, 2.75) is 39.4 Å². The first-order valence-corrected chi connectivity index (χ1v) is 7.36. The molecule has 4 heteroatoms. The van der Waals surface area contributed by atoms with E-state index < -0.39 is 0 Å². The van der Waals surface area contributed by atoms with Crippen molar-refractivity contribution in [2.75, 3.05) is 19.7 Å². The van der Waals surface area contributed by atoms with Crippen molar-refractivity contribution < 1.29 is 4.74 Å². The molecule has 1 aromatic rings. The first kappa shape index (κ1) is 14.6. The third-order valence-electron chi connectivity index (χ3n) is 3.36. The van der Waals surface area contributed by atoms with Crippen LogP contribution in [0.5, 0.6) is 5.75 Å². The van der Waals surface area contributed by atoms with Crippen molar-refractivity contribution >= 4 is 11.6 Å². The van der Waals surface area contributed by atoms with Gasteiger partial charge < -0.3 is 10.1 Å². The SMILES string of the molecule is CCOc1c(Cl)cccc1CN1CC(C)NC(C)C1. The van der Waals surface area contributed by atoms with Crippen molar-refractivity contribution in [3.8, 4) is 5.75 Å². The molecule has 1 aromatic carbocycles. The van der Waals surface area contributed by atoms with E-state index in [4.69, 9.17) is 16.3 Å². The number of nitrogens with zero attached hydrogens (tertiary/aromatic N) is 1. The van der Waals surface area contributed by atoms with Crippen molar-refractivity contribution in [3.63, 3.8) is 0 Å². The second kappa shape index (κ2) is 6.60. The average molecular weight is 283 g/mol. The van der Waals surface area contributed by atoms with Gasteiger partial charge in [0.05, 0.1) is 11.6 Å². The normalized spacial score (nSPS) is 24.4. The number of benzene rings is 1. The maximum absolute atomic E-state index is 6.23. The Morgan fingerprint density at radius 1 is 1.32 bits per heavy atom. The molecule has 106 valence electrons. The van der Waals surface area contributed by atoms with Crippen LogP contribution in [-0.4, -0.2) is 36.7 Å². The molecule has 0 bridgehead atoms. The van der Waals surface area contributed by atoms with Gasteiger partial charge in [0.2, 0.25) is 0 Å². The maximum Gasteiger partial charge on any atom is 0.142 e. The number of hydrogen-bond donors (Lipinski definition) is 1. The molecule has 1 aliphatic rings. The predicted octanol–water partition coefficient (Wildman–Crippen LogP) is 2.92. The van der Waals surface area contributed by atoms with Gasteiger partial charge in [0.15, 0.2) is 0 Å². The summed E-state index contributed by atoms with van der Waals surface area (Å²) >= 11 is 6.23. The van der Waals surface area contributed by atoms with Crippen molar-refractivity contribution in [3.05, 3.63) is 28.8 Å². The van der Waals surface area contributed by atoms with Gasteiger partial charge in [0.1, 0.15) is 5.75 Å². The van der Waals surface area contributed by atoms with Gasteiger partial charge in [-0.2, -0.15) is 0 Å². The second-order valence-electron chi connectivity index (χ2n) is 5.32. The van der Waals surface area contributed by atoms with Gasteiger partial charge in [-0.1, -0.05) is 23.7 Å². The number of rotatable bonds is 4. The molecule has 19 heavy (non-hydrogen) atoms. The highest BCUT2D eigenvalue weighted by Gasteiger charge is 2.22. The lowest BCUT2D eigenvalue weighted by molar-refractivity contribution is 0.164. The summed E-state index contributed by atoms with van der Waals surface area (Å²) in [5, 5.41) is 4.25. The van der Waals surface area contributed by atoms with Crippen LogP contribution in [0.4, 0.5) is 0 Å². The van der Waals surface area contributed by atoms with Gasteiger partial charge >= 0.3 is 0 Å². The third kappa shape index (κ3) is 3.85. The summed E-state index contributed by atoms with van der Waals surface area (Å²) in [6, 6.07) is 7.04. The molecule has 2 rings (SSSR count). The lowest BCUT2D eigenvalue weighted by Crippen LogP contribution is -2.53. The molecule has 0 amide bonds. The fourth-order valence-corrected chi connectivity index (χ4v) is 3.04. The van der Waals surface area contributed by atoms with Crippen molar-refractivity contribution in [2.24, 2.45) is 0 Å². The minimum atomic E-state index is 0.526. The molecule has 1 fully saturated rings. The Morgan fingerprint density at radius 2 is 2.00 bits per heavy atom. The molecule has 0 saturated carbocycles. The van der Waals surface area contributed by atoms with Gasteiger partial charge in [0, 0.05) is 37.3 Å². The Morgan fingerprint density at radius 3 is 2.63 bits per heavy atom. The van der Waals surface area contributed by atoms with E-state index in [0.29, 0.717) is 23.7 Å². The summed E-state index contributed by atoms with van der Waals surface area (Å²) in [7, 11) is 0. The Balaban J connectivity index is 2.12. The molecule has 1 aliphatic heterocycles. The molecular formula is C15H23ClN2O. The van der Waals surface area contributed by atoms with Gasteiger partial charge in [-0.05, 0) is 26.8 Å². The van der Waals surface area contributed by atoms with Crippen LogP contribution in [0.2, 0.25) is 5.02 Å². The molecule has 2 unspecified atom stereocenters. The molecule has 0 spiro atoms. The van der Waals surface area contributed by atoms with E-state index in [1.54, 1.807) is 0 Å². The van der Waals surface area contributed by atoms with Gasteiger partial charge in [-0.15, -0.1) is 0 Å². The van der Waals surface area contributed by atoms with E-state index in [2.05, 4.69) is 30.1 Å². The van der Waals surface area contributed by atoms with Crippen LogP contribution in [0, 0.1) is 0 Å². The number of hydrogen-bond acceptors (Lipinski definition) is 3. The zero-order valence-electron chi connectivity index (χ0n) is 11.9. The Kier molecular flexibility index (Phi) is 5.08. The largest absolute Gasteiger partial charge is 0.492 e. The highest BCUT2D eigenvalue weighted by Crippen LogP contribution is 2.30. The molecule has 0 aliphatic carbocycles. The molecule has 3 nitrogen and oxygen atoms in total. The fraction of sp³-hybridized carbons (Fsp3) is 0.600. The summed E-state index contributed by atoms with van der Waals surface area (Å²) in [6.07, 6.45) is 0. The average Bonchev–Trinajstić information content (AvgIpc) is 2.32. The second-order valence-corrected chi connectivity index (χ2v) is 5.73. The van der Waals surface area contributed by atoms with Crippen LogP contribution in [0.15, 0.2) is 18.2 Å². The molecular weight excluding hydrogens is 260 g/mol. The van der Waals surface area contributed by atoms with E-state index in [0.717, 1.165) is 25.4 Å². The number of ether oxygens (including phenoxy) is 1. The minimum absolute atomic E-state index is 0.526. The number of piperazine rings is 1. The third-order valence-corrected chi connectivity index (χ3v) is 3.66. The van der Waals surface area contributed by atoms with Crippen molar-refractivity contribution in [1.29, 1.82) is 0 Å². The van der Waals surface area contributed by atoms with Gasteiger partial charge in [-0.25, -0.2) is 0 Å².